The number of nitrogens with zero attached hydrogens (tertiary/aromatic N) is 1. The van der Waals surface area contributed by atoms with E-state index in [1.165, 1.54) is 19.1 Å². The molecule has 0 bridgehead atoms. The van der Waals surface area contributed by atoms with Crippen molar-refractivity contribution in [3.05, 3.63) is 0 Å². The number of carbonyl (C=O) groups excluding carboxylic acids is 3. The molecule has 0 aromatic carbocycles. The lowest BCUT2D eigenvalue weighted by Gasteiger charge is -2.17. The molecule has 0 rings (SSSR count). The molecule has 18 heavy (non-hydrogen) atoms. The molecule has 0 aliphatic carbocycles. The van der Waals surface area contributed by atoms with Gasteiger partial charge in [0, 0.05) is 20.0 Å². The summed E-state index contributed by atoms with van der Waals surface area (Å²) < 4.78 is 4.45. The van der Waals surface area contributed by atoms with Crippen molar-refractivity contribution >= 4 is 17.8 Å². The molecule has 104 valence electrons. The summed E-state index contributed by atoms with van der Waals surface area (Å²) in [6.07, 6.45) is 0.303. The second kappa shape index (κ2) is 8.46. The monoisotopic (exact) mass is 259 g/mol. The van der Waals surface area contributed by atoms with Crippen LogP contribution in [0.15, 0.2) is 0 Å². The molecule has 7 nitrogen and oxygen atoms in total. The Kier molecular flexibility index (Phi) is 7.69. The number of carbonyl (C=O) groups is 3. The molecule has 7 heteroatoms. The van der Waals surface area contributed by atoms with Gasteiger partial charge in [0.05, 0.1) is 13.7 Å². The fourth-order valence-corrected chi connectivity index (χ4v) is 1.30. The number of hydrogen-bond acceptors (Lipinski definition) is 5. The number of rotatable bonds is 7. The van der Waals surface area contributed by atoms with Gasteiger partial charge in [-0.1, -0.05) is 0 Å². The van der Waals surface area contributed by atoms with Crippen LogP contribution < -0.4 is 11.1 Å². The molecule has 0 aliphatic heterocycles. The molecule has 0 aromatic heterocycles. The van der Waals surface area contributed by atoms with Gasteiger partial charge in [-0.2, -0.15) is 0 Å². The van der Waals surface area contributed by atoms with Crippen LogP contribution in [-0.4, -0.2) is 56.0 Å². The zero-order valence-electron chi connectivity index (χ0n) is 11.1. The van der Waals surface area contributed by atoms with Crippen molar-refractivity contribution in [3.63, 3.8) is 0 Å². The minimum atomic E-state index is -0.809. The summed E-state index contributed by atoms with van der Waals surface area (Å²) in [6.45, 7) is 2.32. The van der Waals surface area contributed by atoms with E-state index in [0.717, 1.165) is 0 Å². The van der Waals surface area contributed by atoms with Gasteiger partial charge in [0.2, 0.25) is 11.8 Å². The van der Waals surface area contributed by atoms with Gasteiger partial charge in [0.15, 0.2) is 0 Å². The van der Waals surface area contributed by atoms with E-state index in [1.54, 1.807) is 6.92 Å². The summed E-state index contributed by atoms with van der Waals surface area (Å²) in [7, 11) is 2.77. The van der Waals surface area contributed by atoms with E-state index >= 15 is 0 Å². The van der Waals surface area contributed by atoms with Crippen molar-refractivity contribution in [1.29, 1.82) is 0 Å². The van der Waals surface area contributed by atoms with Crippen molar-refractivity contribution in [3.8, 4) is 0 Å². The summed E-state index contributed by atoms with van der Waals surface area (Å²) in [4.78, 5) is 35.2. The number of amides is 2. The SMILES string of the molecule is CCNC(=O)CN(C)C(=O)CC[C@H](N)C(=O)OC. The lowest BCUT2D eigenvalue weighted by molar-refractivity contribution is -0.142. The molecule has 0 aliphatic rings. The van der Waals surface area contributed by atoms with E-state index in [4.69, 9.17) is 5.73 Å². The molecule has 1 atom stereocenters. The van der Waals surface area contributed by atoms with E-state index in [0.29, 0.717) is 6.54 Å². The van der Waals surface area contributed by atoms with Crippen molar-refractivity contribution in [2.24, 2.45) is 5.73 Å². The van der Waals surface area contributed by atoms with Crippen LogP contribution in [-0.2, 0) is 19.1 Å². The van der Waals surface area contributed by atoms with Gasteiger partial charge in [0.25, 0.3) is 0 Å². The number of ether oxygens (including phenoxy) is 1. The Morgan fingerprint density at radius 1 is 1.39 bits per heavy atom. The minimum Gasteiger partial charge on any atom is -0.468 e. The average molecular weight is 259 g/mol. The minimum absolute atomic E-state index is 0.000135. The van der Waals surface area contributed by atoms with E-state index in [9.17, 15) is 14.4 Å². The Bertz CT molecular complexity index is 307. The zero-order valence-corrected chi connectivity index (χ0v) is 11.1. The highest BCUT2D eigenvalue weighted by molar-refractivity contribution is 5.85. The van der Waals surface area contributed by atoms with Crippen molar-refractivity contribution in [1.82, 2.24) is 10.2 Å². The third-order valence-electron chi connectivity index (χ3n) is 2.35. The van der Waals surface area contributed by atoms with Crippen LogP contribution in [0.5, 0.6) is 0 Å². The maximum Gasteiger partial charge on any atom is 0.322 e. The standard InChI is InChI=1S/C11H21N3O4/c1-4-13-9(15)7-14(2)10(16)6-5-8(12)11(17)18-3/h8H,4-7,12H2,1-3H3,(H,13,15)/t8-/m0/s1. The molecule has 0 fully saturated rings. The molecule has 2 amide bonds. The van der Waals surface area contributed by atoms with Crippen LogP contribution in [0.2, 0.25) is 0 Å². The summed E-state index contributed by atoms with van der Waals surface area (Å²) in [5.74, 6) is -1.000. The van der Waals surface area contributed by atoms with Crippen molar-refractivity contribution < 1.29 is 19.1 Å². The summed E-state index contributed by atoms with van der Waals surface area (Å²) in [5.41, 5.74) is 5.50. The van der Waals surface area contributed by atoms with Gasteiger partial charge in [-0.15, -0.1) is 0 Å². The van der Waals surface area contributed by atoms with Crippen molar-refractivity contribution in [2.45, 2.75) is 25.8 Å². The Morgan fingerprint density at radius 3 is 2.50 bits per heavy atom. The second-order valence-corrected chi connectivity index (χ2v) is 3.87. The normalized spacial score (nSPS) is 11.6. The Hall–Kier alpha value is -1.63. The van der Waals surface area contributed by atoms with E-state index in [-0.39, 0.29) is 31.2 Å². The number of esters is 1. The highest BCUT2D eigenvalue weighted by atomic mass is 16.5. The number of likely N-dealkylation sites (N-methyl/N-ethyl adjacent to an activating group) is 2. The number of methoxy groups -OCH3 is 1. The lowest BCUT2D eigenvalue weighted by Crippen LogP contribution is -2.39. The van der Waals surface area contributed by atoms with Gasteiger partial charge in [-0.25, -0.2) is 0 Å². The van der Waals surface area contributed by atoms with Gasteiger partial charge < -0.3 is 20.7 Å². The van der Waals surface area contributed by atoms with E-state index in [1.807, 2.05) is 0 Å². The third-order valence-corrected chi connectivity index (χ3v) is 2.35. The smallest absolute Gasteiger partial charge is 0.322 e. The fraction of sp³-hybridized carbons (Fsp3) is 0.727. The van der Waals surface area contributed by atoms with Crippen molar-refractivity contribution in [2.75, 3.05) is 27.2 Å². The maximum atomic E-state index is 11.6. The zero-order chi connectivity index (χ0) is 14.1. The molecule has 0 aromatic rings. The predicted molar refractivity (Wildman–Crippen MR) is 65.5 cm³/mol. The Morgan fingerprint density at radius 2 is 2.00 bits per heavy atom. The summed E-state index contributed by atoms with van der Waals surface area (Å²) >= 11 is 0. The van der Waals surface area contributed by atoms with Crippen LogP contribution in [0.1, 0.15) is 19.8 Å². The maximum absolute atomic E-state index is 11.6. The molecule has 0 saturated carbocycles. The predicted octanol–water partition coefficient (Wildman–Crippen LogP) is -1.14. The first-order chi connectivity index (χ1) is 8.42. The molecule has 0 saturated heterocycles. The van der Waals surface area contributed by atoms with Gasteiger partial charge in [-0.3, -0.25) is 14.4 Å². The highest BCUT2D eigenvalue weighted by Gasteiger charge is 2.18. The molecule has 0 radical (unpaired) electrons. The number of nitrogens with two attached hydrogens (primary N) is 1. The average Bonchev–Trinajstić information content (AvgIpc) is 2.34. The van der Waals surface area contributed by atoms with Crippen LogP contribution in [0.3, 0.4) is 0 Å². The molecular weight excluding hydrogens is 238 g/mol. The second-order valence-electron chi connectivity index (χ2n) is 3.87. The largest absolute Gasteiger partial charge is 0.468 e. The lowest BCUT2D eigenvalue weighted by atomic mass is 10.1. The van der Waals surface area contributed by atoms with Crippen LogP contribution in [0.4, 0.5) is 0 Å². The highest BCUT2D eigenvalue weighted by Crippen LogP contribution is 2.00. The van der Waals surface area contributed by atoms with E-state index in [2.05, 4.69) is 10.1 Å². The molecule has 0 spiro atoms. The van der Waals surface area contributed by atoms with Gasteiger partial charge >= 0.3 is 5.97 Å². The fourth-order valence-electron chi connectivity index (χ4n) is 1.30. The summed E-state index contributed by atoms with van der Waals surface area (Å²) in [6, 6.07) is -0.809. The summed E-state index contributed by atoms with van der Waals surface area (Å²) in [5, 5.41) is 2.59. The Labute approximate surface area is 107 Å². The quantitative estimate of drug-likeness (QED) is 0.563. The van der Waals surface area contributed by atoms with Gasteiger partial charge in [0.1, 0.15) is 6.04 Å². The van der Waals surface area contributed by atoms with E-state index < -0.39 is 12.0 Å². The first-order valence-corrected chi connectivity index (χ1v) is 5.76. The van der Waals surface area contributed by atoms with Crippen LogP contribution in [0, 0.1) is 0 Å². The number of nitrogens with one attached hydrogen (secondary N) is 1. The first kappa shape index (κ1) is 16.4. The topological polar surface area (TPSA) is 102 Å². The van der Waals surface area contributed by atoms with Gasteiger partial charge in [-0.05, 0) is 13.3 Å². The first-order valence-electron chi connectivity index (χ1n) is 5.76. The number of hydrogen-bond donors (Lipinski definition) is 2. The third kappa shape index (κ3) is 6.19. The molecular formula is C11H21N3O4. The molecule has 0 unspecified atom stereocenters. The van der Waals surface area contributed by atoms with Crippen LogP contribution in [0.25, 0.3) is 0 Å². The van der Waals surface area contributed by atoms with Crippen LogP contribution >= 0.6 is 0 Å². The Balaban J connectivity index is 4.01. The molecule has 3 N–H and O–H groups in total. The molecule has 0 heterocycles.